The molecule has 0 aliphatic rings. The molecule has 0 aromatic rings. The Labute approximate surface area is 124 Å². The fourth-order valence-electron chi connectivity index (χ4n) is 1.59. The van der Waals surface area contributed by atoms with Crippen molar-refractivity contribution in [2.75, 3.05) is 24.7 Å². The van der Waals surface area contributed by atoms with Crippen molar-refractivity contribution in [2.45, 2.75) is 38.8 Å². The summed E-state index contributed by atoms with van der Waals surface area (Å²) in [5.41, 5.74) is 5.26. The van der Waals surface area contributed by atoms with Crippen LogP contribution >= 0.6 is 11.8 Å². The van der Waals surface area contributed by atoms with E-state index in [4.69, 9.17) is 15.6 Å². The van der Waals surface area contributed by atoms with Crippen LogP contribution in [0.4, 0.5) is 0 Å². The van der Waals surface area contributed by atoms with E-state index < -0.39 is 18.1 Å². The number of aliphatic carboxylic acids is 1. The molecular formula is C13H25NO5S. The molecule has 0 saturated carbocycles. The summed E-state index contributed by atoms with van der Waals surface area (Å²) in [6, 6.07) is -1.06. The van der Waals surface area contributed by atoms with Gasteiger partial charge in [0.15, 0.2) is 0 Å². The van der Waals surface area contributed by atoms with Crippen molar-refractivity contribution in [3.63, 3.8) is 0 Å². The average molecular weight is 307 g/mol. The van der Waals surface area contributed by atoms with E-state index in [9.17, 15) is 14.7 Å². The van der Waals surface area contributed by atoms with Crippen molar-refractivity contribution in [1.29, 1.82) is 0 Å². The van der Waals surface area contributed by atoms with Crippen molar-refractivity contribution in [3.8, 4) is 0 Å². The van der Waals surface area contributed by atoms with Crippen molar-refractivity contribution in [3.05, 3.63) is 0 Å². The van der Waals surface area contributed by atoms with E-state index in [-0.39, 0.29) is 24.9 Å². The quantitative estimate of drug-likeness (QED) is 0.451. The maximum Gasteiger partial charge on any atom is 0.322 e. The van der Waals surface area contributed by atoms with Crippen molar-refractivity contribution in [2.24, 2.45) is 11.7 Å². The molecule has 0 heterocycles. The predicted molar refractivity (Wildman–Crippen MR) is 78.8 cm³/mol. The number of aliphatic hydroxyl groups is 1. The van der Waals surface area contributed by atoms with Gasteiger partial charge in [-0.2, -0.15) is 11.8 Å². The summed E-state index contributed by atoms with van der Waals surface area (Å²) in [6.45, 7) is 3.55. The van der Waals surface area contributed by atoms with Gasteiger partial charge in [-0.25, -0.2) is 0 Å². The Bertz CT molecular complexity index is 300. The van der Waals surface area contributed by atoms with Gasteiger partial charge >= 0.3 is 5.97 Å². The molecule has 0 amide bonds. The molecule has 7 heteroatoms. The molecule has 0 aromatic carbocycles. The zero-order valence-corrected chi connectivity index (χ0v) is 12.9. The van der Waals surface area contributed by atoms with Crippen LogP contribution in [0.25, 0.3) is 0 Å². The van der Waals surface area contributed by atoms with Crippen LogP contribution in [0.1, 0.15) is 26.7 Å². The van der Waals surface area contributed by atoms with Crippen LogP contribution in [0, 0.1) is 5.92 Å². The molecule has 0 fully saturated rings. The Kier molecular flexibility index (Phi) is 10.7. The van der Waals surface area contributed by atoms with Crippen LogP contribution in [-0.4, -0.2) is 58.8 Å². The number of nitrogens with two attached hydrogens (primary N) is 1. The van der Waals surface area contributed by atoms with E-state index in [2.05, 4.69) is 0 Å². The molecule has 0 aromatic heterocycles. The topological polar surface area (TPSA) is 110 Å². The highest BCUT2D eigenvalue weighted by atomic mass is 32.2. The Morgan fingerprint density at radius 3 is 2.50 bits per heavy atom. The standard InChI is InChI=1S/C13H25NO5S/c1-3-10(9(2)15)4-5-20-8-11(16)6-19-7-12(14)13(17)18/h10-12,16H,3-8,14H2,1-2H3,(H,17,18)/t10-,11?,12-/m0/s1. The van der Waals surface area contributed by atoms with Crippen molar-refractivity contribution < 1.29 is 24.5 Å². The number of carboxylic acids is 1. The van der Waals surface area contributed by atoms with E-state index in [0.29, 0.717) is 5.75 Å². The number of rotatable bonds is 12. The molecule has 1 unspecified atom stereocenters. The number of carbonyl (C=O) groups is 2. The first kappa shape index (κ1) is 19.4. The lowest BCUT2D eigenvalue weighted by Crippen LogP contribution is -2.36. The molecule has 0 radical (unpaired) electrons. The summed E-state index contributed by atoms with van der Waals surface area (Å²) in [6.07, 6.45) is 1.00. The summed E-state index contributed by atoms with van der Waals surface area (Å²) in [7, 11) is 0. The maximum absolute atomic E-state index is 11.2. The van der Waals surface area contributed by atoms with Gasteiger partial charge in [0.1, 0.15) is 11.8 Å². The van der Waals surface area contributed by atoms with E-state index >= 15 is 0 Å². The lowest BCUT2D eigenvalue weighted by Gasteiger charge is -2.14. The van der Waals surface area contributed by atoms with Crippen LogP contribution in [-0.2, 0) is 14.3 Å². The van der Waals surface area contributed by atoms with Crippen LogP contribution < -0.4 is 5.73 Å². The van der Waals surface area contributed by atoms with Gasteiger partial charge in [-0.15, -0.1) is 0 Å². The van der Waals surface area contributed by atoms with Gasteiger partial charge in [0.05, 0.1) is 19.3 Å². The van der Waals surface area contributed by atoms with Crippen molar-refractivity contribution in [1.82, 2.24) is 0 Å². The Morgan fingerprint density at radius 1 is 1.35 bits per heavy atom. The smallest absolute Gasteiger partial charge is 0.322 e. The number of ether oxygens (including phenoxy) is 1. The highest BCUT2D eigenvalue weighted by Crippen LogP contribution is 2.14. The van der Waals surface area contributed by atoms with E-state index in [0.717, 1.165) is 18.6 Å². The van der Waals surface area contributed by atoms with Gasteiger partial charge < -0.3 is 20.7 Å². The second-order valence-electron chi connectivity index (χ2n) is 4.72. The number of hydrogen-bond acceptors (Lipinski definition) is 6. The molecule has 0 rings (SSSR count). The summed E-state index contributed by atoms with van der Waals surface area (Å²) < 4.78 is 5.03. The maximum atomic E-state index is 11.2. The van der Waals surface area contributed by atoms with Crippen LogP contribution in [0.2, 0.25) is 0 Å². The Hall–Kier alpha value is -0.630. The monoisotopic (exact) mass is 307 g/mol. The number of carboxylic acid groups (broad SMARTS) is 1. The number of hydrogen-bond donors (Lipinski definition) is 3. The summed E-state index contributed by atoms with van der Waals surface area (Å²) >= 11 is 1.56. The van der Waals surface area contributed by atoms with Crippen LogP contribution in [0.3, 0.4) is 0 Å². The third-order valence-electron chi connectivity index (χ3n) is 2.91. The van der Waals surface area contributed by atoms with Gasteiger partial charge in [-0.3, -0.25) is 9.59 Å². The highest BCUT2D eigenvalue weighted by Gasteiger charge is 2.14. The number of thioether (sulfide) groups is 1. The summed E-state index contributed by atoms with van der Waals surface area (Å²) in [5, 5.41) is 18.2. The molecular weight excluding hydrogens is 282 g/mol. The van der Waals surface area contributed by atoms with Crippen molar-refractivity contribution >= 4 is 23.5 Å². The molecule has 0 saturated heterocycles. The first-order valence-electron chi connectivity index (χ1n) is 6.70. The SMILES string of the molecule is CC[C@@H](CCSCC(O)COC[C@H](N)C(=O)O)C(C)=O. The van der Waals surface area contributed by atoms with Crippen LogP contribution in [0.15, 0.2) is 0 Å². The van der Waals surface area contributed by atoms with E-state index in [1.165, 1.54) is 0 Å². The molecule has 0 aliphatic heterocycles. The molecule has 0 spiro atoms. The second-order valence-corrected chi connectivity index (χ2v) is 5.87. The normalized spacial score (nSPS) is 15.6. The number of aliphatic hydroxyl groups excluding tert-OH is 1. The Morgan fingerprint density at radius 2 is 2.00 bits per heavy atom. The zero-order chi connectivity index (χ0) is 15.5. The van der Waals surface area contributed by atoms with Gasteiger partial charge in [0.2, 0.25) is 0 Å². The van der Waals surface area contributed by atoms with Gasteiger partial charge in [0, 0.05) is 11.7 Å². The summed E-state index contributed by atoms with van der Waals surface area (Å²) in [5.74, 6) is 0.494. The molecule has 0 bridgehead atoms. The first-order chi connectivity index (χ1) is 9.38. The fraction of sp³-hybridized carbons (Fsp3) is 0.846. The third-order valence-corrected chi connectivity index (χ3v) is 4.06. The molecule has 118 valence electrons. The minimum atomic E-state index is -1.12. The van der Waals surface area contributed by atoms with E-state index in [1.807, 2.05) is 6.92 Å². The minimum absolute atomic E-state index is 0.0674. The molecule has 3 atom stereocenters. The first-order valence-corrected chi connectivity index (χ1v) is 7.86. The molecule has 20 heavy (non-hydrogen) atoms. The van der Waals surface area contributed by atoms with Crippen LogP contribution in [0.5, 0.6) is 0 Å². The average Bonchev–Trinajstić information content (AvgIpc) is 2.37. The summed E-state index contributed by atoms with van der Waals surface area (Å²) in [4.78, 5) is 21.7. The predicted octanol–water partition coefficient (Wildman–Crippen LogP) is 0.514. The third kappa shape index (κ3) is 9.30. The number of carbonyl (C=O) groups excluding carboxylic acids is 1. The fourth-order valence-corrected chi connectivity index (χ4v) is 2.58. The molecule has 0 aliphatic carbocycles. The van der Waals surface area contributed by atoms with Gasteiger partial charge in [0.25, 0.3) is 0 Å². The minimum Gasteiger partial charge on any atom is -0.480 e. The number of ketones is 1. The van der Waals surface area contributed by atoms with E-state index in [1.54, 1.807) is 18.7 Å². The molecule has 6 nitrogen and oxygen atoms in total. The lowest BCUT2D eigenvalue weighted by molar-refractivity contribution is -0.140. The lowest BCUT2D eigenvalue weighted by atomic mass is 10.00. The Balaban J connectivity index is 3.61. The molecule has 4 N–H and O–H groups in total. The van der Waals surface area contributed by atoms with Gasteiger partial charge in [-0.05, 0) is 25.5 Å². The second kappa shape index (κ2) is 11.1. The number of Topliss-reactive ketones (excluding diaryl/α,β-unsaturated/α-hetero) is 1. The zero-order valence-electron chi connectivity index (χ0n) is 12.1. The largest absolute Gasteiger partial charge is 0.480 e. The highest BCUT2D eigenvalue weighted by molar-refractivity contribution is 7.99. The van der Waals surface area contributed by atoms with Gasteiger partial charge in [-0.1, -0.05) is 6.92 Å².